The van der Waals surface area contributed by atoms with Crippen molar-refractivity contribution in [3.63, 3.8) is 0 Å². The van der Waals surface area contributed by atoms with Crippen molar-refractivity contribution in [2.24, 2.45) is 5.73 Å². The van der Waals surface area contributed by atoms with Crippen LogP contribution in [0.5, 0.6) is 0 Å². The third-order valence-electron chi connectivity index (χ3n) is 2.99. The number of aromatic nitrogens is 2. The number of aliphatic hydroxyl groups is 1. The third-order valence-corrected chi connectivity index (χ3v) is 2.99. The number of esters is 1. The molecular weight excluding hydrogens is 270 g/mol. The van der Waals surface area contributed by atoms with Crippen molar-refractivity contribution in [1.29, 1.82) is 0 Å². The first-order valence-corrected chi connectivity index (χ1v) is 5.94. The number of aromatic amines is 1. The Morgan fingerprint density at radius 1 is 1.60 bits per heavy atom. The summed E-state index contributed by atoms with van der Waals surface area (Å²) in [5.41, 5.74) is 4.55. The molecule has 9 heteroatoms. The number of carbonyl (C=O) groups excluding carboxylic acids is 1. The van der Waals surface area contributed by atoms with Gasteiger partial charge in [-0.2, -0.15) is 0 Å². The Labute approximate surface area is 112 Å². The summed E-state index contributed by atoms with van der Waals surface area (Å²) >= 11 is 0. The molecule has 1 aliphatic heterocycles. The molecule has 0 saturated carbocycles. The van der Waals surface area contributed by atoms with Gasteiger partial charge in [0, 0.05) is 19.2 Å². The van der Waals surface area contributed by atoms with Crippen molar-refractivity contribution in [3.05, 3.63) is 33.1 Å². The van der Waals surface area contributed by atoms with Crippen LogP contribution >= 0.6 is 0 Å². The Kier molecular flexibility index (Phi) is 4.02. The van der Waals surface area contributed by atoms with Gasteiger partial charge in [-0.1, -0.05) is 0 Å². The van der Waals surface area contributed by atoms with Gasteiger partial charge in [0.25, 0.3) is 5.56 Å². The molecule has 0 bridgehead atoms. The molecule has 0 amide bonds. The lowest BCUT2D eigenvalue weighted by Crippen LogP contribution is -2.43. The van der Waals surface area contributed by atoms with Gasteiger partial charge in [0.05, 0.1) is 6.04 Å². The standard InChI is InChI=1S/C11H15N3O6/c1-5(15)19-4-6-9(17)8(12)10(20-6)14-3-2-7(16)13-11(14)18/h2-3,6,8-10,17H,4,12H2,1H3,(H,13,16,18)/t6-,8-,9-,10-/m1/s1. The first kappa shape index (κ1) is 14.4. The predicted molar refractivity (Wildman–Crippen MR) is 65.8 cm³/mol. The summed E-state index contributed by atoms with van der Waals surface area (Å²) < 4.78 is 11.3. The summed E-state index contributed by atoms with van der Waals surface area (Å²) in [5, 5.41) is 9.92. The van der Waals surface area contributed by atoms with Gasteiger partial charge >= 0.3 is 11.7 Å². The second-order valence-corrected chi connectivity index (χ2v) is 4.45. The van der Waals surface area contributed by atoms with E-state index in [2.05, 4.69) is 4.98 Å². The minimum atomic E-state index is -1.10. The topological polar surface area (TPSA) is 137 Å². The van der Waals surface area contributed by atoms with Gasteiger partial charge in [-0.3, -0.25) is 19.1 Å². The van der Waals surface area contributed by atoms with E-state index in [1.807, 2.05) is 0 Å². The summed E-state index contributed by atoms with van der Waals surface area (Å²) in [4.78, 5) is 35.5. The molecule has 2 rings (SSSR count). The zero-order valence-electron chi connectivity index (χ0n) is 10.7. The van der Waals surface area contributed by atoms with Crippen LogP contribution in [0.3, 0.4) is 0 Å². The van der Waals surface area contributed by atoms with Crippen LogP contribution < -0.4 is 17.0 Å². The van der Waals surface area contributed by atoms with Gasteiger partial charge in [0.2, 0.25) is 0 Å². The van der Waals surface area contributed by atoms with Gasteiger partial charge < -0.3 is 20.3 Å². The molecule has 0 radical (unpaired) electrons. The van der Waals surface area contributed by atoms with E-state index >= 15 is 0 Å². The lowest BCUT2D eigenvalue weighted by molar-refractivity contribution is -0.147. The van der Waals surface area contributed by atoms with Crippen molar-refractivity contribution in [3.8, 4) is 0 Å². The zero-order chi connectivity index (χ0) is 14.9. The highest BCUT2D eigenvalue weighted by Crippen LogP contribution is 2.26. The molecule has 1 aromatic heterocycles. The SMILES string of the molecule is CC(=O)OC[C@H]1O[C@@H](n2ccc(=O)[nH]c2=O)[C@H](N)[C@@H]1O. The predicted octanol–water partition coefficient (Wildman–Crippen LogP) is -2.31. The van der Waals surface area contributed by atoms with Crippen molar-refractivity contribution >= 4 is 5.97 Å². The van der Waals surface area contributed by atoms with Crippen molar-refractivity contribution in [1.82, 2.24) is 9.55 Å². The van der Waals surface area contributed by atoms with Crippen LogP contribution in [0.4, 0.5) is 0 Å². The van der Waals surface area contributed by atoms with Crippen LogP contribution in [0.25, 0.3) is 0 Å². The molecule has 110 valence electrons. The summed E-state index contributed by atoms with van der Waals surface area (Å²) in [6, 6.07) is 0.252. The van der Waals surface area contributed by atoms with Crippen LogP contribution in [-0.2, 0) is 14.3 Å². The second-order valence-electron chi connectivity index (χ2n) is 4.45. The van der Waals surface area contributed by atoms with E-state index in [-0.39, 0.29) is 6.61 Å². The number of H-pyrrole nitrogens is 1. The average molecular weight is 285 g/mol. The van der Waals surface area contributed by atoms with Crippen molar-refractivity contribution < 1.29 is 19.4 Å². The summed E-state index contributed by atoms with van der Waals surface area (Å²) in [5.74, 6) is -0.515. The van der Waals surface area contributed by atoms with Crippen LogP contribution in [0.1, 0.15) is 13.2 Å². The molecule has 0 spiro atoms. The molecule has 1 aromatic rings. The largest absolute Gasteiger partial charge is 0.463 e. The van der Waals surface area contributed by atoms with Gasteiger partial charge in [0.1, 0.15) is 18.8 Å². The number of ether oxygens (including phenoxy) is 2. The van der Waals surface area contributed by atoms with Crippen LogP contribution in [0, 0.1) is 0 Å². The summed E-state index contributed by atoms with van der Waals surface area (Å²) in [6.45, 7) is 1.06. The molecule has 0 aromatic carbocycles. The number of aliphatic hydroxyl groups excluding tert-OH is 1. The highest BCUT2D eigenvalue weighted by Gasteiger charge is 2.43. The molecule has 4 N–H and O–H groups in total. The van der Waals surface area contributed by atoms with E-state index in [9.17, 15) is 19.5 Å². The van der Waals surface area contributed by atoms with Crippen LogP contribution in [0.2, 0.25) is 0 Å². The Morgan fingerprint density at radius 3 is 2.90 bits per heavy atom. The van der Waals surface area contributed by atoms with Gasteiger partial charge in [-0.05, 0) is 0 Å². The normalized spacial score (nSPS) is 29.4. The molecule has 0 aliphatic carbocycles. The maximum atomic E-state index is 11.7. The van der Waals surface area contributed by atoms with Gasteiger partial charge in [-0.15, -0.1) is 0 Å². The lowest BCUT2D eigenvalue weighted by Gasteiger charge is -2.17. The number of nitrogens with one attached hydrogen (secondary N) is 1. The fourth-order valence-electron chi connectivity index (χ4n) is 1.98. The summed E-state index contributed by atoms with van der Waals surface area (Å²) in [6.07, 6.45) is -1.65. The number of hydrogen-bond acceptors (Lipinski definition) is 7. The first-order chi connectivity index (χ1) is 9.40. The lowest BCUT2D eigenvalue weighted by atomic mass is 10.1. The smallest absolute Gasteiger partial charge is 0.330 e. The minimum Gasteiger partial charge on any atom is -0.463 e. The number of carbonyl (C=O) groups is 1. The molecular formula is C11H15N3O6. The van der Waals surface area contributed by atoms with Crippen molar-refractivity contribution in [2.75, 3.05) is 6.61 Å². The number of nitrogens with zero attached hydrogens (tertiary/aromatic N) is 1. The van der Waals surface area contributed by atoms with E-state index in [1.54, 1.807) is 0 Å². The molecule has 1 fully saturated rings. The monoisotopic (exact) mass is 285 g/mol. The van der Waals surface area contributed by atoms with E-state index in [4.69, 9.17) is 15.2 Å². The second kappa shape index (κ2) is 5.57. The van der Waals surface area contributed by atoms with Gasteiger partial charge in [-0.25, -0.2) is 4.79 Å². The molecule has 2 heterocycles. The Hall–Kier alpha value is -1.97. The number of rotatable bonds is 3. The van der Waals surface area contributed by atoms with E-state index in [0.29, 0.717) is 0 Å². The van der Waals surface area contributed by atoms with E-state index in [0.717, 1.165) is 10.6 Å². The molecule has 1 aliphatic rings. The third kappa shape index (κ3) is 2.79. The van der Waals surface area contributed by atoms with Crippen LogP contribution in [-0.4, -0.2) is 45.5 Å². The quantitative estimate of drug-likeness (QED) is 0.530. The maximum absolute atomic E-state index is 11.7. The maximum Gasteiger partial charge on any atom is 0.330 e. The number of nitrogens with two attached hydrogens (primary N) is 1. The Bertz CT molecular complexity index is 609. The van der Waals surface area contributed by atoms with Crippen LogP contribution in [0.15, 0.2) is 21.9 Å². The highest BCUT2D eigenvalue weighted by molar-refractivity contribution is 5.65. The Balaban J connectivity index is 2.19. The zero-order valence-corrected chi connectivity index (χ0v) is 10.7. The van der Waals surface area contributed by atoms with Gasteiger partial charge in [0.15, 0.2) is 6.23 Å². The fourth-order valence-corrected chi connectivity index (χ4v) is 1.98. The number of hydrogen-bond donors (Lipinski definition) is 3. The first-order valence-electron chi connectivity index (χ1n) is 5.94. The molecule has 9 nitrogen and oxygen atoms in total. The minimum absolute atomic E-state index is 0.168. The van der Waals surface area contributed by atoms with E-state index in [1.165, 1.54) is 13.1 Å². The fraction of sp³-hybridized carbons (Fsp3) is 0.545. The molecule has 1 saturated heterocycles. The highest BCUT2D eigenvalue weighted by atomic mass is 16.6. The molecule has 0 unspecified atom stereocenters. The van der Waals surface area contributed by atoms with Crippen molar-refractivity contribution in [2.45, 2.75) is 31.4 Å². The molecule has 4 atom stereocenters. The molecule has 20 heavy (non-hydrogen) atoms. The van der Waals surface area contributed by atoms with E-state index < -0.39 is 41.7 Å². The average Bonchev–Trinajstić information content (AvgIpc) is 2.64. The Morgan fingerprint density at radius 2 is 2.30 bits per heavy atom. The summed E-state index contributed by atoms with van der Waals surface area (Å²) in [7, 11) is 0.